The van der Waals surface area contributed by atoms with E-state index in [0.717, 1.165) is 31.2 Å². The summed E-state index contributed by atoms with van der Waals surface area (Å²) in [6.07, 6.45) is 3.78. The molecule has 1 aromatic carbocycles. The van der Waals surface area contributed by atoms with Gasteiger partial charge < -0.3 is 25.0 Å². The van der Waals surface area contributed by atoms with Gasteiger partial charge in [0.15, 0.2) is 0 Å². The molecule has 2 fully saturated rings. The van der Waals surface area contributed by atoms with Crippen LogP contribution in [0.15, 0.2) is 18.2 Å². The Bertz CT molecular complexity index is 763. The number of piperidine rings is 1. The SMILES string of the molecule is COc1cc(C[C@@H](NC(C)=O)C(=O)NC2CCN(C(=O)C3CC3)CC2)cc(OC)c1. The maximum atomic E-state index is 12.9. The average molecular weight is 418 g/mol. The number of hydrogen-bond donors (Lipinski definition) is 2. The Hall–Kier alpha value is -2.77. The topological polar surface area (TPSA) is 97.0 Å². The lowest BCUT2D eigenvalue weighted by Gasteiger charge is -2.33. The van der Waals surface area contributed by atoms with Crippen molar-refractivity contribution in [1.29, 1.82) is 0 Å². The monoisotopic (exact) mass is 417 g/mol. The first kappa shape index (κ1) is 21.9. The molecule has 0 bridgehead atoms. The van der Waals surface area contributed by atoms with E-state index in [4.69, 9.17) is 9.47 Å². The van der Waals surface area contributed by atoms with Crippen molar-refractivity contribution in [2.75, 3.05) is 27.3 Å². The van der Waals surface area contributed by atoms with Gasteiger partial charge in [-0.25, -0.2) is 0 Å². The second-order valence-electron chi connectivity index (χ2n) is 8.06. The number of carbonyl (C=O) groups excluding carboxylic acids is 3. The molecule has 0 aromatic heterocycles. The fraction of sp³-hybridized carbons (Fsp3) is 0.591. The third kappa shape index (κ3) is 5.87. The molecule has 0 spiro atoms. The molecule has 8 nitrogen and oxygen atoms in total. The van der Waals surface area contributed by atoms with E-state index in [1.165, 1.54) is 6.92 Å². The van der Waals surface area contributed by atoms with Gasteiger partial charge in [-0.1, -0.05) is 0 Å². The molecule has 30 heavy (non-hydrogen) atoms. The Morgan fingerprint density at radius 1 is 1.03 bits per heavy atom. The molecule has 1 saturated heterocycles. The van der Waals surface area contributed by atoms with Crippen molar-refractivity contribution in [1.82, 2.24) is 15.5 Å². The second kappa shape index (κ2) is 9.82. The number of nitrogens with one attached hydrogen (secondary N) is 2. The molecule has 3 rings (SSSR count). The maximum absolute atomic E-state index is 12.9. The Morgan fingerprint density at radius 3 is 2.13 bits per heavy atom. The summed E-state index contributed by atoms with van der Waals surface area (Å²) in [5, 5.41) is 5.80. The number of carbonyl (C=O) groups is 3. The van der Waals surface area contributed by atoms with Crippen LogP contribution in [0.5, 0.6) is 11.5 Å². The van der Waals surface area contributed by atoms with Crippen molar-refractivity contribution in [2.45, 2.75) is 51.1 Å². The quantitative estimate of drug-likeness (QED) is 0.664. The molecule has 0 unspecified atom stereocenters. The van der Waals surface area contributed by atoms with Crippen LogP contribution in [0.3, 0.4) is 0 Å². The van der Waals surface area contributed by atoms with Crippen LogP contribution in [0, 0.1) is 5.92 Å². The van der Waals surface area contributed by atoms with Gasteiger partial charge in [0.2, 0.25) is 17.7 Å². The molecule has 3 amide bonds. The Balaban J connectivity index is 1.60. The number of methoxy groups -OCH3 is 2. The third-order valence-corrected chi connectivity index (χ3v) is 5.62. The van der Waals surface area contributed by atoms with E-state index in [-0.39, 0.29) is 29.7 Å². The van der Waals surface area contributed by atoms with Gasteiger partial charge in [-0.2, -0.15) is 0 Å². The van der Waals surface area contributed by atoms with Crippen molar-refractivity contribution in [3.05, 3.63) is 23.8 Å². The van der Waals surface area contributed by atoms with E-state index in [9.17, 15) is 14.4 Å². The molecule has 1 aromatic rings. The lowest BCUT2D eigenvalue weighted by Crippen LogP contribution is -2.53. The molecular weight excluding hydrogens is 386 g/mol. The normalized spacial score (nSPS) is 17.8. The number of rotatable bonds is 8. The van der Waals surface area contributed by atoms with Crippen molar-refractivity contribution < 1.29 is 23.9 Å². The van der Waals surface area contributed by atoms with Crippen LogP contribution in [-0.4, -0.2) is 62.0 Å². The maximum Gasteiger partial charge on any atom is 0.243 e. The van der Waals surface area contributed by atoms with Crippen LogP contribution in [0.4, 0.5) is 0 Å². The number of benzene rings is 1. The van der Waals surface area contributed by atoms with E-state index in [1.807, 2.05) is 17.0 Å². The van der Waals surface area contributed by atoms with Gasteiger partial charge in [0.25, 0.3) is 0 Å². The van der Waals surface area contributed by atoms with Crippen LogP contribution in [0.1, 0.15) is 38.2 Å². The first-order valence-electron chi connectivity index (χ1n) is 10.5. The molecule has 2 N–H and O–H groups in total. The van der Waals surface area contributed by atoms with E-state index in [1.54, 1.807) is 20.3 Å². The third-order valence-electron chi connectivity index (χ3n) is 5.62. The van der Waals surface area contributed by atoms with E-state index in [2.05, 4.69) is 10.6 Å². The summed E-state index contributed by atoms with van der Waals surface area (Å²) in [5.41, 5.74) is 0.824. The molecular formula is C22H31N3O5. The molecule has 2 aliphatic rings. The van der Waals surface area contributed by atoms with Crippen molar-refractivity contribution >= 4 is 17.7 Å². The lowest BCUT2D eigenvalue weighted by molar-refractivity contribution is -0.134. The average Bonchev–Trinajstić information content (AvgIpc) is 3.58. The van der Waals surface area contributed by atoms with Crippen LogP contribution >= 0.6 is 0 Å². The van der Waals surface area contributed by atoms with Crippen molar-refractivity contribution in [2.24, 2.45) is 5.92 Å². The highest BCUT2D eigenvalue weighted by Gasteiger charge is 2.35. The van der Waals surface area contributed by atoms with E-state index >= 15 is 0 Å². The number of likely N-dealkylation sites (tertiary alicyclic amines) is 1. The molecule has 1 aliphatic carbocycles. The summed E-state index contributed by atoms with van der Waals surface area (Å²) in [6.45, 7) is 2.73. The molecule has 1 aliphatic heterocycles. The first-order valence-corrected chi connectivity index (χ1v) is 10.5. The fourth-order valence-corrected chi connectivity index (χ4v) is 3.81. The predicted octanol–water partition coefficient (Wildman–Crippen LogP) is 1.27. The molecule has 1 atom stereocenters. The van der Waals surface area contributed by atoms with E-state index < -0.39 is 6.04 Å². The summed E-state index contributed by atoms with van der Waals surface area (Å²) in [4.78, 5) is 38.7. The number of hydrogen-bond acceptors (Lipinski definition) is 5. The van der Waals surface area contributed by atoms with Gasteiger partial charge in [0.1, 0.15) is 17.5 Å². The molecule has 1 heterocycles. The Morgan fingerprint density at radius 2 is 1.63 bits per heavy atom. The van der Waals surface area contributed by atoms with Gasteiger partial charge in [-0.3, -0.25) is 14.4 Å². The van der Waals surface area contributed by atoms with Crippen LogP contribution < -0.4 is 20.1 Å². The summed E-state index contributed by atoms with van der Waals surface area (Å²) in [5.74, 6) is 1.23. The van der Waals surface area contributed by atoms with Crippen LogP contribution in [0.2, 0.25) is 0 Å². The predicted molar refractivity (Wildman–Crippen MR) is 111 cm³/mol. The van der Waals surface area contributed by atoms with Crippen molar-refractivity contribution in [3.63, 3.8) is 0 Å². The fourth-order valence-electron chi connectivity index (χ4n) is 3.81. The van der Waals surface area contributed by atoms with Gasteiger partial charge in [0, 0.05) is 44.5 Å². The molecule has 0 radical (unpaired) electrons. The van der Waals surface area contributed by atoms with Crippen LogP contribution in [-0.2, 0) is 20.8 Å². The van der Waals surface area contributed by atoms with E-state index in [0.29, 0.717) is 31.0 Å². The summed E-state index contributed by atoms with van der Waals surface area (Å²) < 4.78 is 10.6. The minimum absolute atomic E-state index is 0.00291. The van der Waals surface area contributed by atoms with Gasteiger partial charge >= 0.3 is 0 Å². The first-order chi connectivity index (χ1) is 14.4. The van der Waals surface area contributed by atoms with Crippen molar-refractivity contribution in [3.8, 4) is 11.5 Å². The summed E-state index contributed by atoms with van der Waals surface area (Å²) >= 11 is 0. The molecule has 8 heteroatoms. The zero-order chi connectivity index (χ0) is 21.7. The Labute approximate surface area is 177 Å². The minimum Gasteiger partial charge on any atom is -0.497 e. The standard InChI is InChI=1S/C22H31N3O5/c1-14(26)23-20(12-15-10-18(29-2)13-19(11-15)30-3)21(27)24-17-6-8-25(9-7-17)22(28)16-4-5-16/h10-11,13,16-17,20H,4-9,12H2,1-3H3,(H,23,26)(H,24,27)/t20-/m1/s1. The van der Waals surface area contributed by atoms with Gasteiger partial charge in [-0.15, -0.1) is 0 Å². The zero-order valence-electron chi connectivity index (χ0n) is 17.9. The highest BCUT2D eigenvalue weighted by molar-refractivity contribution is 5.87. The number of ether oxygens (including phenoxy) is 2. The molecule has 1 saturated carbocycles. The zero-order valence-corrected chi connectivity index (χ0v) is 17.9. The minimum atomic E-state index is -0.703. The lowest BCUT2D eigenvalue weighted by atomic mass is 10.0. The number of nitrogens with zero attached hydrogens (tertiary/aromatic N) is 1. The highest BCUT2D eigenvalue weighted by atomic mass is 16.5. The highest BCUT2D eigenvalue weighted by Crippen LogP contribution is 2.32. The smallest absolute Gasteiger partial charge is 0.243 e. The Kier molecular flexibility index (Phi) is 7.18. The van der Waals surface area contributed by atoms with Gasteiger partial charge in [0.05, 0.1) is 14.2 Å². The summed E-state index contributed by atoms with van der Waals surface area (Å²) in [7, 11) is 3.13. The largest absolute Gasteiger partial charge is 0.497 e. The molecule has 164 valence electrons. The van der Waals surface area contributed by atoms with Gasteiger partial charge in [-0.05, 0) is 43.4 Å². The second-order valence-corrected chi connectivity index (χ2v) is 8.06. The number of amides is 3. The van der Waals surface area contributed by atoms with Crippen LogP contribution in [0.25, 0.3) is 0 Å². The summed E-state index contributed by atoms with van der Waals surface area (Å²) in [6, 6.07) is 4.70.